The summed E-state index contributed by atoms with van der Waals surface area (Å²) in [4.78, 5) is 0. The maximum atomic E-state index is 5.41. The van der Waals surface area contributed by atoms with Gasteiger partial charge in [-0.05, 0) is 49.6 Å². The number of hydrogen-bond donors (Lipinski definition) is 1. The van der Waals surface area contributed by atoms with Gasteiger partial charge in [0.05, 0.1) is 6.26 Å². The molecule has 0 amide bonds. The van der Waals surface area contributed by atoms with Gasteiger partial charge in [0.2, 0.25) is 0 Å². The maximum Gasteiger partial charge on any atom is 0.103 e. The molecular formula is C17H23NO. The number of rotatable bonds is 7. The van der Waals surface area contributed by atoms with Crippen LogP contribution in [-0.2, 0) is 12.8 Å². The first-order valence-corrected chi connectivity index (χ1v) is 7.10. The number of likely N-dealkylation sites (N-methyl/N-ethyl adjacent to an activating group) is 1. The molecule has 0 saturated carbocycles. The van der Waals surface area contributed by atoms with E-state index in [4.69, 9.17) is 4.42 Å². The van der Waals surface area contributed by atoms with Crippen molar-refractivity contribution in [3.8, 4) is 0 Å². The Balaban J connectivity index is 1.94. The first-order chi connectivity index (χ1) is 9.29. The fourth-order valence-corrected chi connectivity index (χ4v) is 2.44. The van der Waals surface area contributed by atoms with Gasteiger partial charge in [-0.15, -0.1) is 0 Å². The summed E-state index contributed by atoms with van der Waals surface area (Å²) in [6.07, 6.45) is 4.94. The Morgan fingerprint density at radius 2 is 2.00 bits per heavy atom. The second-order valence-corrected chi connectivity index (χ2v) is 5.00. The SMILES string of the molecule is CCNC(CCc1ccco1)Cc1ccccc1C. The van der Waals surface area contributed by atoms with Gasteiger partial charge in [-0.3, -0.25) is 0 Å². The van der Waals surface area contributed by atoms with Gasteiger partial charge in [0.1, 0.15) is 5.76 Å². The summed E-state index contributed by atoms with van der Waals surface area (Å²) >= 11 is 0. The molecule has 0 aliphatic rings. The molecule has 2 heteroatoms. The molecule has 1 atom stereocenters. The quantitative estimate of drug-likeness (QED) is 0.817. The fraction of sp³-hybridized carbons (Fsp3) is 0.412. The molecule has 0 fully saturated rings. The Morgan fingerprint density at radius 3 is 2.68 bits per heavy atom. The molecule has 1 heterocycles. The highest BCUT2D eigenvalue weighted by atomic mass is 16.3. The van der Waals surface area contributed by atoms with Crippen LogP contribution in [0, 0.1) is 6.92 Å². The normalized spacial score (nSPS) is 12.5. The van der Waals surface area contributed by atoms with Crippen LogP contribution in [0.15, 0.2) is 47.1 Å². The minimum Gasteiger partial charge on any atom is -0.469 e. The molecule has 0 aliphatic heterocycles. The average molecular weight is 257 g/mol. The van der Waals surface area contributed by atoms with Gasteiger partial charge in [-0.2, -0.15) is 0 Å². The van der Waals surface area contributed by atoms with Gasteiger partial charge < -0.3 is 9.73 Å². The van der Waals surface area contributed by atoms with Crippen molar-refractivity contribution in [3.63, 3.8) is 0 Å². The Labute approximate surface area is 115 Å². The fourth-order valence-electron chi connectivity index (χ4n) is 2.44. The number of hydrogen-bond acceptors (Lipinski definition) is 2. The third-order valence-electron chi connectivity index (χ3n) is 3.54. The van der Waals surface area contributed by atoms with E-state index < -0.39 is 0 Å². The minimum absolute atomic E-state index is 0.510. The molecule has 2 rings (SSSR count). The van der Waals surface area contributed by atoms with Gasteiger partial charge >= 0.3 is 0 Å². The molecule has 19 heavy (non-hydrogen) atoms. The topological polar surface area (TPSA) is 25.2 Å². The summed E-state index contributed by atoms with van der Waals surface area (Å²) in [5.74, 6) is 1.08. The lowest BCUT2D eigenvalue weighted by Gasteiger charge is -2.18. The van der Waals surface area contributed by atoms with Crippen molar-refractivity contribution in [1.82, 2.24) is 5.32 Å². The Kier molecular flexibility index (Phi) is 5.22. The van der Waals surface area contributed by atoms with Gasteiger partial charge in [0.25, 0.3) is 0 Å². The van der Waals surface area contributed by atoms with E-state index in [1.165, 1.54) is 11.1 Å². The molecular weight excluding hydrogens is 234 g/mol. The van der Waals surface area contributed by atoms with E-state index in [0.717, 1.165) is 31.6 Å². The number of aryl methyl sites for hydroxylation is 2. The van der Waals surface area contributed by atoms with Crippen molar-refractivity contribution in [2.45, 2.75) is 39.2 Å². The molecule has 2 aromatic rings. The molecule has 0 bridgehead atoms. The van der Waals surface area contributed by atoms with E-state index in [-0.39, 0.29) is 0 Å². The molecule has 1 aromatic carbocycles. The van der Waals surface area contributed by atoms with Crippen LogP contribution in [0.4, 0.5) is 0 Å². The summed E-state index contributed by atoms with van der Waals surface area (Å²) in [5, 5.41) is 3.58. The van der Waals surface area contributed by atoms with Crippen LogP contribution in [0.2, 0.25) is 0 Å². The number of nitrogens with one attached hydrogen (secondary N) is 1. The van der Waals surface area contributed by atoms with Gasteiger partial charge in [-0.25, -0.2) is 0 Å². The predicted octanol–water partition coefficient (Wildman–Crippen LogP) is 3.74. The zero-order valence-corrected chi connectivity index (χ0v) is 11.9. The molecule has 0 radical (unpaired) electrons. The smallest absolute Gasteiger partial charge is 0.103 e. The van der Waals surface area contributed by atoms with Crippen molar-refractivity contribution < 1.29 is 4.42 Å². The highest BCUT2D eigenvalue weighted by molar-refractivity contribution is 5.26. The largest absolute Gasteiger partial charge is 0.469 e. The zero-order chi connectivity index (χ0) is 13.5. The highest BCUT2D eigenvalue weighted by Crippen LogP contribution is 2.13. The Morgan fingerprint density at radius 1 is 1.16 bits per heavy atom. The summed E-state index contributed by atoms with van der Waals surface area (Å²) in [6, 6.07) is 13.2. The van der Waals surface area contributed by atoms with Gasteiger partial charge in [-0.1, -0.05) is 31.2 Å². The van der Waals surface area contributed by atoms with Gasteiger partial charge in [0, 0.05) is 12.5 Å². The van der Waals surface area contributed by atoms with Gasteiger partial charge in [0.15, 0.2) is 0 Å². The van der Waals surface area contributed by atoms with E-state index in [9.17, 15) is 0 Å². The van der Waals surface area contributed by atoms with Crippen molar-refractivity contribution >= 4 is 0 Å². The molecule has 0 aliphatic carbocycles. The number of benzene rings is 1. The summed E-state index contributed by atoms with van der Waals surface area (Å²) < 4.78 is 5.41. The van der Waals surface area contributed by atoms with Crippen LogP contribution < -0.4 is 5.32 Å². The minimum atomic E-state index is 0.510. The molecule has 1 N–H and O–H groups in total. The zero-order valence-electron chi connectivity index (χ0n) is 11.9. The number of furan rings is 1. The summed E-state index contributed by atoms with van der Waals surface area (Å²) in [5.41, 5.74) is 2.82. The van der Waals surface area contributed by atoms with Crippen molar-refractivity contribution in [3.05, 3.63) is 59.5 Å². The van der Waals surface area contributed by atoms with Crippen molar-refractivity contribution in [2.75, 3.05) is 6.54 Å². The van der Waals surface area contributed by atoms with Crippen LogP contribution in [0.5, 0.6) is 0 Å². The molecule has 1 unspecified atom stereocenters. The molecule has 0 spiro atoms. The Hall–Kier alpha value is -1.54. The average Bonchev–Trinajstić information content (AvgIpc) is 2.92. The standard InChI is InChI=1S/C17H23NO/c1-3-18-16(10-11-17-9-6-12-19-17)13-15-8-5-4-7-14(15)2/h4-9,12,16,18H,3,10-11,13H2,1-2H3. The summed E-state index contributed by atoms with van der Waals surface area (Å²) in [7, 11) is 0. The van der Waals surface area contributed by atoms with Crippen LogP contribution in [0.1, 0.15) is 30.2 Å². The van der Waals surface area contributed by atoms with E-state index in [2.05, 4.69) is 49.5 Å². The van der Waals surface area contributed by atoms with E-state index >= 15 is 0 Å². The highest BCUT2D eigenvalue weighted by Gasteiger charge is 2.10. The molecule has 1 aromatic heterocycles. The lowest BCUT2D eigenvalue weighted by atomic mass is 9.98. The van der Waals surface area contributed by atoms with Crippen LogP contribution >= 0.6 is 0 Å². The Bertz CT molecular complexity index is 476. The molecule has 2 nitrogen and oxygen atoms in total. The van der Waals surface area contributed by atoms with Crippen LogP contribution in [0.3, 0.4) is 0 Å². The summed E-state index contributed by atoms with van der Waals surface area (Å²) in [6.45, 7) is 5.36. The second kappa shape index (κ2) is 7.15. The monoisotopic (exact) mass is 257 g/mol. The second-order valence-electron chi connectivity index (χ2n) is 5.00. The van der Waals surface area contributed by atoms with E-state index in [0.29, 0.717) is 6.04 Å². The molecule has 102 valence electrons. The lowest BCUT2D eigenvalue weighted by Crippen LogP contribution is -2.31. The maximum absolute atomic E-state index is 5.41. The predicted molar refractivity (Wildman–Crippen MR) is 79.4 cm³/mol. The molecule has 0 saturated heterocycles. The van der Waals surface area contributed by atoms with Crippen LogP contribution in [0.25, 0.3) is 0 Å². The lowest BCUT2D eigenvalue weighted by molar-refractivity contribution is 0.447. The third kappa shape index (κ3) is 4.25. The first-order valence-electron chi connectivity index (χ1n) is 7.10. The van der Waals surface area contributed by atoms with E-state index in [1.807, 2.05) is 6.07 Å². The van der Waals surface area contributed by atoms with Crippen molar-refractivity contribution in [2.24, 2.45) is 0 Å². The van der Waals surface area contributed by atoms with E-state index in [1.54, 1.807) is 6.26 Å². The van der Waals surface area contributed by atoms with Crippen LogP contribution in [-0.4, -0.2) is 12.6 Å². The third-order valence-corrected chi connectivity index (χ3v) is 3.54. The van der Waals surface area contributed by atoms with Crippen molar-refractivity contribution in [1.29, 1.82) is 0 Å². The first kappa shape index (κ1) is 13.9.